The summed E-state index contributed by atoms with van der Waals surface area (Å²) in [5.41, 5.74) is 2.93. The molecule has 0 saturated heterocycles. The summed E-state index contributed by atoms with van der Waals surface area (Å²) < 4.78 is 11.1. The highest BCUT2D eigenvalue weighted by molar-refractivity contribution is 5.87. The fraction of sp³-hybridized carbons (Fsp3) is 0.286. The highest BCUT2D eigenvalue weighted by atomic mass is 16.5. The van der Waals surface area contributed by atoms with E-state index in [2.05, 4.69) is 0 Å². The summed E-state index contributed by atoms with van der Waals surface area (Å²) in [7, 11) is 5.44. The second-order valence-corrected chi connectivity index (χ2v) is 6.71. The molecule has 0 radical (unpaired) electrons. The molecule has 26 heavy (non-hydrogen) atoms. The minimum Gasteiger partial charge on any atom is -0.507 e. The Morgan fingerprint density at radius 2 is 1.81 bits per heavy atom. The third-order valence-corrected chi connectivity index (χ3v) is 4.51. The largest absolute Gasteiger partial charge is 0.507 e. The highest BCUT2D eigenvalue weighted by Crippen LogP contribution is 2.33. The van der Waals surface area contributed by atoms with Gasteiger partial charge in [-0.05, 0) is 51.7 Å². The molecule has 0 atom stereocenters. The van der Waals surface area contributed by atoms with Crippen LogP contribution in [0.5, 0.6) is 11.5 Å². The van der Waals surface area contributed by atoms with Crippen molar-refractivity contribution in [2.45, 2.75) is 20.4 Å². The Morgan fingerprint density at radius 1 is 1.15 bits per heavy atom. The second kappa shape index (κ2) is 6.84. The van der Waals surface area contributed by atoms with Crippen LogP contribution < -0.4 is 10.2 Å². The van der Waals surface area contributed by atoms with Crippen LogP contribution in [-0.2, 0) is 6.54 Å². The summed E-state index contributed by atoms with van der Waals surface area (Å²) in [6, 6.07) is 9.06. The maximum Gasteiger partial charge on any atom is 0.200 e. The van der Waals surface area contributed by atoms with Gasteiger partial charge in [-0.15, -0.1) is 0 Å². The Balaban J connectivity index is 2.28. The van der Waals surface area contributed by atoms with Crippen LogP contribution in [0.25, 0.3) is 22.1 Å². The van der Waals surface area contributed by atoms with Crippen molar-refractivity contribution >= 4 is 11.0 Å². The Kier molecular flexibility index (Phi) is 4.74. The fourth-order valence-electron chi connectivity index (χ4n) is 3.21. The van der Waals surface area contributed by atoms with Gasteiger partial charge in [0.25, 0.3) is 0 Å². The molecule has 5 nitrogen and oxygen atoms in total. The van der Waals surface area contributed by atoms with E-state index in [1.54, 1.807) is 27.0 Å². The lowest BCUT2D eigenvalue weighted by Gasteiger charge is -2.15. The molecule has 1 N–H and O–H groups in total. The maximum absolute atomic E-state index is 13.2. The van der Waals surface area contributed by atoms with E-state index in [0.29, 0.717) is 40.0 Å². The summed E-state index contributed by atoms with van der Waals surface area (Å²) in [4.78, 5) is 15.2. The van der Waals surface area contributed by atoms with E-state index in [1.807, 2.05) is 43.3 Å². The van der Waals surface area contributed by atoms with Gasteiger partial charge in [-0.3, -0.25) is 4.79 Å². The SMILES string of the molecule is COc1ccc(-c2c(C)oc3c(C)c(O)c(CN(C)C)cc3c2=O)cc1. The first kappa shape index (κ1) is 18.0. The van der Waals surface area contributed by atoms with E-state index in [1.165, 1.54) is 0 Å². The van der Waals surface area contributed by atoms with Crippen molar-refractivity contribution in [1.82, 2.24) is 4.90 Å². The molecule has 3 rings (SSSR count). The molecule has 0 unspecified atom stereocenters. The van der Waals surface area contributed by atoms with E-state index in [4.69, 9.17) is 9.15 Å². The van der Waals surface area contributed by atoms with Crippen molar-refractivity contribution in [1.29, 1.82) is 0 Å². The number of hydrogen-bond donors (Lipinski definition) is 1. The van der Waals surface area contributed by atoms with Crippen LogP contribution >= 0.6 is 0 Å². The normalized spacial score (nSPS) is 11.3. The number of nitrogens with zero attached hydrogens (tertiary/aromatic N) is 1. The van der Waals surface area contributed by atoms with Gasteiger partial charge in [-0.25, -0.2) is 0 Å². The van der Waals surface area contributed by atoms with Gasteiger partial charge < -0.3 is 19.2 Å². The predicted octanol–water partition coefficient (Wildman–Crippen LogP) is 3.85. The summed E-state index contributed by atoms with van der Waals surface area (Å²) in [5.74, 6) is 1.42. The van der Waals surface area contributed by atoms with E-state index < -0.39 is 0 Å². The highest BCUT2D eigenvalue weighted by Gasteiger charge is 2.19. The molecule has 3 aromatic rings. The lowest BCUT2D eigenvalue weighted by molar-refractivity contribution is 0.385. The number of phenolic OH excluding ortho intramolecular Hbond substituents is 1. The van der Waals surface area contributed by atoms with Crippen LogP contribution in [0.3, 0.4) is 0 Å². The summed E-state index contributed by atoms with van der Waals surface area (Å²) >= 11 is 0. The molecule has 0 saturated carbocycles. The van der Waals surface area contributed by atoms with Crippen molar-refractivity contribution in [2.75, 3.05) is 21.2 Å². The number of ether oxygens (including phenoxy) is 1. The molecule has 0 amide bonds. The molecular weight excluding hydrogens is 330 g/mol. The van der Waals surface area contributed by atoms with E-state index in [0.717, 1.165) is 11.3 Å². The van der Waals surface area contributed by atoms with Gasteiger partial charge in [0, 0.05) is 17.7 Å². The van der Waals surface area contributed by atoms with Crippen LogP contribution in [0.2, 0.25) is 0 Å². The van der Waals surface area contributed by atoms with Gasteiger partial charge in [0.1, 0.15) is 22.8 Å². The minimum atomic E-state index is -0.1000. The van der Waals surface area contributed by atoms with Crippen molar-refractivity contribution < 1.29 is 14.3 Å². The standard InChI is InChI=1S/C21H23NO4/c1-12-19(23)15(11-22(3)4)10-17-20(24)18(13(2)26-21(12)17)14-6-8-16(25-5)9-7-14/h6-10,23H,11H2,1-5H3. The number of fused-ring (bicyclic) bond motifs is 1. The first-order valence-electron chi connectivity index (χ1n) is 8.41. The number of hydrogen-bond acceptors (Lipinski definition) is 5. The number of aryl methyl sites for hydroxylation is 2. The molecule has 136 valence electrons. The molecule has 0 fully saturated rings. The molecule has 0 bridgehead atoms. The first-order chi connectivity index (χ1) is 12.3. The average Bonchev–Trinajstić information content (AvgIpc) is 2.61. The van der Waals surface area contributed by atoms with Gasteiger partial charge in [-0.2, -0.15) is 0 Å². The third kappa shape index (κ3) is 3.06. The Hall–Kier alpha value is -2.79. The van der Waals surface area contributed by atoms with Gasteiger partial charge in [0.15, 0.2) is 0 Å². The Bertz CT molecular complexity index is 1020. The first-order valence-corrected chi connectivity index (χ1v) is 8.41. The number of rotatable bonds is 4. The monoisotopic (exact) mass is 353 g/mol. The van der Waals surface area contributed by atoms with Crippen LogP contribution in [0.15, 0.2) is 39.5 Å². The van der Waals surface area contributed by atoms with Gasteiger partial charge in [-0.1, -0.05) is 12.1 Å². The Morgan fingerprint density at radius 3 is 2.38 bits per heavy atom. The van der Waals surface area contributed by atoms with E-state index >= 15 is 0 Å². The lowest BCUT2D eigenvalue weighted by atomic mass is 9.99. The number of phenols is 1. The van der Waals surface area contributed by atoms with Gasteiger partial charge in [0.2, 0.25) is 5.43 Å². The molecule has 0 aliphatic carbocycles. The number of aromatic hydroxyl groups is 1. The van der Waals surface area contributed by atoms with Crippen molar-refractivity contribution in [3.05, 3.63) is 57.4 Å². The molecular formula is C21H23NO4. The molecule has 0 aliphatic heterocycles. The van der Waals surface area contributed by atoms with Crippen LogP contribution in [-0.4, -0.2) is 31.2 Å². The van der Waals surface area contributed by atoms with Crippen molar-refractivity contribution in [3.63, 3.8) is 0 Å². The van der Waals surface area contributed by atoms with Gasteiger partial charge in [0.05, 0.1) is 18.1 Å². The van der Waals surface area contributed by atoms with Crippen molar-refractivity contribution in [3.8, 4) is 22.6 Å². The number of benzene rings is 2. The van der Waals surface area contributed by atoms with Crippen LogP contribution in [0, 0.1) is 13.8 Å². The zero-order chi connectivity index (χ0) is 19.0. The fourth-order valence-corrected chi connectivity index (χ4v) is 3.21. The van der Waals surface area contributed by atoms with E-state index in [9.17, 15) is 9.90 Å². The average molecular weight is 353 g/mol. The van der Waals surface area contributed by atoms with E-state index in [-0.39, 0.29) is 11.2 Å². The lowest BCUT2D eigenvalue weighted by Crippen LogP contribution is -2.13. The molecule has 2 aromatic carbocycles. The topological polar surface area (TPSA) is 62.9 Å². The Labute approximate surface area is 152 Å². The third-order valence-electron chi connectivity index (χ3n) is 4.51. The van der Waals surface area contributed by atoms with Crippen LogP contribution in [0.1, 0.15) is 16.9 Å². The van der Waals surface area contributed by atoms with Crippen LogP contribution in [0.4, 0.5) is 0 Å². The maximum atomic E-state index is 13.2. The predicted molar refractivity (Wildman–Crippen MR) is 103 cm³/mol. The summed E-state index contributed by atoms with van der Waals surface area (Å²) in [5, 5.41) is 10.9. The minimum absolute atomic E-state index is 0.1000. The zero-order valence-electron chi connectivity index (χ0n) is 15.7. The molecule has 0 spiro atoms. The summed E-state index contributed by atoms with van der Waals surface area (Å²) in [6.45, 7) is 4.07. The zero-order valence-corrected chi connectivity index (χ0v) is 15.7. The second-order valence-electron chi connectivity index (χ2n) is 6.71. The van der Waals surface area contributed by atoms with Crippen molar-refractivity contribution in [2.24, 2.45) is 0 Å². The smallest absolute Gasteiger partial charge is 0.200 e. The molecule has 1 heterocycles. The van der Waals surface area contributed by atoms with Gasteiger partial charge >= 0.3 is 0 Å². The molecule has 5 heteroatoms. The summed E-state index contributed by atoms with van der Waals surface area (Å²) in [6.07, 6.45) is 0. The number of methoxy groups -OCH3 is 1. The molecule has 1 aromatic heterocycles. The molecule has 0 aliphatic rings. The quantitative estimate of drug-likeness (QED) is 0.772.